The molecule has 108 valence electrons. The van der Waals surface area contributed by atoms with E-state index in [0.29, 0.717) is 27.8 Å². The van der Waals surface area contributed by atoms with Gasteiger partial charge in [0.1, 0.15) is 0 Å². The van der Waals surface area contributed by atoms with E-state index in [9.17, 15) is 4.79 Å². The van der Waals surface area contributed by atoms with Gasteiger partial charge in [-0.15, -0.1) is 6.58 Å². The van der Waals surface area contributed by atoms with Gasteiger partial charge in [0.2, 0.25) is 0 Å². The van der Waals surface area contributed by atoms with Crippen LogP contribution in [-0.2, 0) is 0 Å². The number of benzene rings is 1. The summed E-state index contributed by atoms with van der Waals surface area (Å²) in [6, 6.07) is 6.89. The summed E-state index contributed by atoms with van der Waals surface area (Å²) in [6.45, 7) is 3.96. The Morgan fingerprint density at radius 1 is 1.19 bits per heavy atom. The van der Waals surface area contributed by atoms with Crippen LogP contribution in [0.3, 0.4) is 0 Å². The van der Waals surface area contributed by atoms with E-state index in [-0.39, 0.29) is 5.91 Å². The first-order valence-electron chi connectivity index (χ1n) is 6.16. The number of hydrogen-bond acceptors (Lipinski definition) is 3. The van der Waals surface area contributed by atoms with Crippen molar-refractivity contribution >= 4 is 40.5 Å². The molecule has 0 saturated carbocycles. The van der Waals surface area contributed by atoms with Gasteiger partial charge in [0.25, 0.3) is 5.91 Å². The van der Waals surface area contributed by atoms with Crippen LogP contribution in [0.25, 0.3) is 0 Å². The molecule has 2 aromatic rings. The summed E-state index contributed by atoms with van der Waals surface area (Å²) < 4.78 is 0. The van der Waals surface area contributed by atoms with Crippen molar-refractivity contribution in [2.24, 2.45) is 0 Å². The lowest BCUT2D eigenvalue weighted by Gasteiger charge is -2.09. The molecular formula is C15H13Cl2N3O. The van der Waals surface area contributed by atoms with Gasteiger partial charge >= 0.3 is 0 Å². The molecule has 1 amide bonds. The molecule has 0 atom stereocenters. The number of nitrogens with one attached hydrogen (secondary N) is 2. The van der Waals surface area contributed by atoms with E-state index >= 15 is 0 Å². The average molecular weight is 322 g/mol. The number of hydrogen-bond donors (Lipinski definition) is 2. The molecule has 1 aromatic heterocycles. The van der Waals surface area contributed by atoms with Gasteiger partial charge in [0, 0.05) is 18.4 Å². The predicted molar refractivity (Wildman–Crippen MR) is 86.5 cm³/mol. The second-order valence-corrected chi connectivity index (χ2v) is 5.03. The lowest BCUT2D eigenvalue weighted by molar-refractivity contribution is 0.0957. The third-order valence-corrected chi connectivity index (χ3v) is 3.35. The van der Waals surface area contributed by atoms with Crippen LogP contribution in [0.5, 0.6) is 0 Å². The Balaban J connectivity index is 2.15. The summed E-state index contributed by atoms with van der Waals surface area (Å²) in [5.41, 5.74) is 1.90. The average Bonchev–Trinajstić information content (AvgIpc) is 2.49. The lowest BCUT2D eigenvalue weighted by Crippen LogP contribution is -2.23. The Morgan fingerprint density at radius 2 is 2.00 bits per heavy atom. The zero-order valence-corrected chi connectivity index (χ0v) is 12.6. The van der Waals surface area contributed by atoms with Crippen molar-refractivity contribution in [2.75, 3.05) is 11.9 Å². The molecule has 0 unspecified atom stereocenters. The summed E-state index contributed by atoms with van der Waals surface area (Å²) in [5, 5.41) is 6.75. The zero-order valence-electron chi connectivity index (χ0n) is 11.1. The van der Waals surface area contributed by atoms with Crippen molar-refractivity contribution in [2.45, 2.75) is 0 Å². The normalized spacial score (nSPS) is 10.0. The molecule has 0 fully saturated rings. The first-order valence-corrected chi connectivity index (χ1v) is 6.92. The lowest BCUT2D eigenvalue weighted by atomic mass is 10.2. The topological polar surface area (TPSA) is 54.0 Å². The highest BCUT2D eigenvalue weighted by atomic mass is 35.5. The fourth-order valence-electron chi connectivity index (χ4n) is 1.64. The molecule has 2 N–H and O–H groups in total. The van der Waals surface area contributed by atoms with Gasteiger partial charge in [-0.25, -0.2) is 0 Å². The minimum atomic E-state index is -0.208. The van der Waals surface area contributed by atoms with Crippen LogP contribution in [0, 0.1) is 0 Å². The van der Waals surface area contributed by atoms with Gasteiger partial charge in [-0.3, -0.25) is 9.78 Å². The fourth-order valence-corrected chi connectivity index (χ4v) is 1.94. The van der Waals surface area contributed by atoms with Crippen molar-refractivity contribution in [3.05, 3.63) is 64.9 Å². The quantitative estimate of drug-likeness (QED) is 0.817. The number of anilines is 2. The molecule has 0 aliphatic heterocycles. The molecule has 0 spiro atoms. The van der Waals surface area contributed by atoms with Crippen LogP contribution in [0.4, 0.5) is 11.4 Å². The second-order valence-electron chi connectivity index (χ2n) is 4.21. The minimum Gasteiger partial charge on any atom is -0.354 e. The Morgan fingerprint density at radius 3 is 2.71 bits per heavy atom. The third kappa shape index (κ3) is 4.21. The van der Waals surface area contributed by atoms with Gasteiger partial charge in [-0.2, -0.15) is 0 Å². The summed E-state index contributed by atoms with van der Waals surface area (Å²) in [5.74, 6) is -0.208. The molecule has 1 aromatic carbocycles. The molecule has 21 heavy (non-hydrogen) atoms. The van der Waals surface area contributed by atoms with Crippen molar-refractivity contribution in [1.82, 2.24) is 10.3 Å². The number of carbonyl (C=O) groups is 1. The van der Waals surface area contributed by atoms with Crippen LogP contribution in [0.1, 0.15) is 10.4 Å². The van der Waals surface area contributed by atoms with E-state index < -0.39 is 0 Å². The molecule has 1 heterocycles. The SMILES string of the molecule is C=CCNC(=O)c1cncc(Nc2ccc(Cl)c(Cl)c2)c1. The maximum absolute atomic E-state index is 11.8. The molecule has 0 bridgehead atoms. The van der Waals surface area contributed by atoms with E-state index in [4.69, 9.17) is 23.2 Å². The monoisotopic (exact) mass is 321 g/mol. The van der Waals surface area contributed by atoms with Crippen molar-refractivity contribution in [1.29, 1.82) is 0 Å². The molecular weight excluding hydrogens is 309 g/mol. The first-order chi connectivity index (χ1) is 10.1. The zero-order chi connectivity index (χ0) is 15.2. The Bertz CT molecular complexity index is 674. The van der Waals surface area contributed by atoms with Crippen molar-refractivity contribution in [3.63, 3.8) is 0 Å². The van der Waals surface area contributed by atoms with Gasteiger partial charge in [-0.05, 0) is 24.3 Å². The third-order valence-electron chi connectivity index (χ3n) is 2.62. The maximum Gasteiger partial charge on any atom is 0.253 e. The summed E-state index contributed by atoms with van der Waals surface area (Å²) in [6.07, 6.45) is 4.73. The Hall–Kier alpha value is -2.04. The molecule has 4 nitrogen and oxygen atoms in total. The molecule has 0 radical (unpaired) electrons. The smallest absolute Gasteiger partial charge is 0.253 e. The number of rotatable bonds is 5. The highest BCUT2D eigenvalue weighted by Crippen LogP contribution is 2.26. The van der Waals surface area contributed by atoms with E-state index in [1.54, 1.807) is 36.5 Å². The summed E-state index contributed by atoms with van der Waals surface area (Å²) in [4.78, 5) is 15.9. The van der Waals surface area contributed by atoms with Gasteiger partial charge in [0.15, 0.2) is 0 Å². The van der Waals surface area contributed by atoms with Crippen LogP contribution < -0.4 is 10.6 Å². The first kappa shape index (κ1) is 15.4. The highest BCUT2D eigenvalue weighted by molar-refractivity contribution is 6.42. The number of nitrogens with zero attached hydrogens (tertiary/aromatic N) is 1. The Labute approximate surface area is 132 Å². The van der Waals surface area contributed by atoms with Crippen LogP contribution >= 0.6 is 23.2 Å². The number of aromatic nitrogens is 1. The molecule has 2 rings (SSSR count). The van der Waals surface area contributed by atoms with Crippen LogP contribution in [-0.4, -0.2) is 17.4 Å². The molecule has 0 saturated heterocycles. The molecule has 0 aliphatic rings. The van der Waals surface area contributed by atoms with Crippen LogP contribution in [0.2, 0.25) is 10.0 Å². The summed E-state index contributed by atoms with van der Waals surface area (Å²) >= 11 is 11.8. The Kier molecular flexibility index (Phi) is 5.20. The second kappa shape index (κ2) is 7.11. The number of halogens is 2. The van der Waals surface area contributed by atoms with E-state index in [2.05, 4.69) is 22.2 Å². The summed E-state index contributed by atoms with van der Waals surface area (Å²) in [7, 11) is 0. The minimum absolute atomic E-state index is 0.208. The highest BCUT2D eigenvalue weighted by Gasteiger charge is 2.06. The number of carbonyl (C=O) groups excluding carboxylic acids is 1. The molecule has 0 aliphatic carbocycles. The van der Waals surface area contributed by atoms with Gasteiger partial charge in [-0.1, -0.05) is 29.3 Å². The van der Waals surface area contributed by atoms with Crippen molar-refractivity contribution < 1.29 is 4.79 Å². The number of pyridine rings is 1. The fraction of sp³-hybridized carbons (Fsp3) is 0.0667. The van der Waals surface area contributed by atoms with E-state index in [1.807, 2.05) is 0 Å². The number of amides is 1. The van der Waals surface area contributed by atoms with E-state index in [1.165, 1.54) is 6.20 Å². The maximum atomic E-state index is 11.8. The standard InChI is InChI=1S/C15H13Cl2N3O/c1-2-5-19-15(21)10-6-12(9-18-8-10)20-11-3-4-13(16)14(17)7-11/h2-4,6-9,20H,1,5H2,(H,19,21). The van der Waals surface area contributed by atoms with Crippen molar-refractivity contribution in [3.8, 4) is 0 Å². The predicted octanol–water partition coefficient (Wildman–Crippen LogP) is 4.05. The van der Waals surface area contributed by atoms with E-state index in [0.717, 1.165) is 5.69 Å². The largest absolute Gasteiger partial charge is 0.354 e. The van der Waals surface area contributed by atoms with Crippen LogP contribution in [0.15, 0.2) is 49.3 Å². The van der Waals surface area contributed by atoms with Gasteiger partial charge < -0.3 is 10.6 Å². The van der Waals surface area contributed by atoms with Gasteiger partial charge in [0.05, 0.1) is 27.5 Å². The molecule has 6 heteroatoms.